The van der Waals surface area contributed by atoms with E-state index in [2.05, 4.69) is 34.6 Å². The summed E-state index contributed by atoms with van der Waals surface area (Å²) in [7, 11) is 1.89. The minimum absolute atomic E-state index is 0.0310. The second-order valence-electron chi connectivity index (χ2n) is 6.03. The summed E-state index contributed by atoms with van der Waals surface area (Å²) in [5, 5.41) is 11.2. The first-order chi connectivity index (χ1) is 10.5. The molecule has 1 amide bonds. The van der Waals surface area contributed by atoms with E-state index in [4.69, 9.17) is 0 Å². The van der Waals surface area contributed by atoms with Crippen LogP contribution in [-0.4, -0.2) is 33.8 Å². The summed E-state index contributed by atoms with van der Waals surface area (Å²) < 4.78 is 1.78. The largest absolute Gasteiger partial charge is 0.315 e. The van der Waals surface area contributed by atoms with Crippen LogP contribution in [-0.2, 0) is 11.8 Å². The van der Waals surface area contributed by atoms with Crippen LogP contribution in [0.15, 0.2) is 18.6 Å². The molecule has 0 bridgehead atoms. The Morgan fingerprint density at radius 1 is 1.45 bits per heavy atom. The Labute approximate surface area is 133 Å². The summed E-state index contributed by atoms with van der Waals surface area (Å²) in [6.07, 6.45) is 5.67. The van der Waals surface area contributed by atoms with Gasteiger partial charge in [-0.15, -0.1) is 11.3 Å². The number of aryl methyl sites for hydroxylation is 1. The number of aromatic nitrogens is 3. The molecule has 1 aliphatic heterocycles. The summed E-state index contributed by atoms with van der Waals surface area (Å²) in [4.78, 5) is 18.1. The van der Waals surface area contributed by atoms with Gasteiger partial charge in [0.25, 0.3) is 0 Å². The Bertz CT molecular complexity index is 662. The van der Waals surface area contributed by atoms with Crippen LogP contribution in [0.2, 0.25) is 0 Å². The van der Waals surface area contributed by atoms with E-state index in [0.717, 1.165) is 12.1 Å². The highest BCUT2D eigenvalue weighted by Gasteiger charge is 2.35. The molecule has 3 heterocycles. The van der Waals surface area contributed by atoms with E-state index in [0.29, 0.717) is 17.6 Å². The van der Waals surface area contributed by atoms with Crippen molar-refractivity contribution in [1.29, 1.82) is 0 Å². The van der Waals surface area contributed by atoms with Crippen LogP contribution in [0.3, 0.4) is 0 Å². The molecule has 2 aromatic heterocycles. The average Bonchev–Trinajstić information content (AvgIpc) is 3.16. The van der Waals surface area contributed by atoms with Crippen molar-refractivity contribution in [2.24, 2.45) is 13.0 Å². The van der Waals surface area contributed by atoms with Gasteiger partial charge in [0.05, 0.1) is 12.1 Å². The molecule has 1 fully saturated rings. The maximum absolute atomic E-state index is 12.6. The third-order valence-corrected chi connectivity index (χ3v) is 5.24. The van der Waals surface area contributed by atoms with Crippen LogP contribution in [0.4, 0.5) is 5.13 Å². The molecule has 1 aliphatic rings. The van der Waals surface area contributed by atoms with E-state index in [1.165, 1.54) is 4.88 Å². The standard InChI is InChI=1S/C15H21N5OS/c1-9(2)13-7-17-15(22-13)19-14(21)12-6-16-5-11(12)10-4-18-20(3)8-10/h4,7-9,11-12,16H,5-6H2,1-3H3,(H,17,19,21)/t11-,12+/m1/s1. The van der Waals surface area contributed by atoms with Crippen LogP contribution in [0.5, 0.6) is 0 Å². The molecule has 0 saturated carbocycles. The van der Waals surface area contributed by atoms with Gasteiger partial charge < -0.3 is 10.6 Å². The highest BCUT2D eigenvalue weighted by molar-refractivity contribution is 7.15. The van der Waals surface area contributed by atoms with E-state index in [1.54, 1.807) is 16.0 Å². The van der Waals surface area contributed by atoms with Crippen LogP contribution < -0.4 is 10.6 Å². The number of hydrogen-bond donors (Lipinski definition) is 2. The highest BCUT2D eigenvalue weighted by Crippen LogP contribution is 2.30. The van der Waals surface area contributed by atoms with E-state index < -0.39 is 0 Å². The summed E-state index contributed by atoms with van der Waals surface area (Å²) in [6, 6.07) is 0. The number of amides is 1. The maximum atomic E-state index is 12.6. The Morgan fingerprint density at radius 3 is 2.91 bits per heavy atom. The van der Waals surface area contributed by atoms with Crippen LogP contribution >= 0.6 is 11.3 Å². The predicted octanol–water partition coefficient (Wildman–Crippen LogP) is 1.94. The summed E-state index contributed by atoms with van der Waals surface area (Å²) in [6.45, 7) is 5.74. The molecule has 22 heavy (non-hydrogen) atoms. The summed E-state index contributed by atoms with van der Waals surface area (Å²) in [5.41, 5.74) is 1.11. The lowest BCUT2D eigenvalue weighted by molar-refractivity contribution is -0.119. The first-order valence-corrected chi connectivity index (χ1v) is 8.32. The molecule has 0 radical (unpaired) electrons. The number of rotatable bonds is 4. The van der Waals surface area contributed by atoms with Crippen molar-refractivity contribution >= 4 is 22.4 Å². The number of carbonyl (C=O) groups is 1. The van der Waals surface area contributed by atoms with Crippen molar-refractivity contribution in [2.75, 3.05) is 18.4 Å². The molecule has 1 saturated heterocycles. The quantitative estimate of drug-likeness (QED) is 0.903. The number of carbonyl (C=O) groups excluding carboxylic acids is 1. The zero-order valence-electron chi connectivity index (χ0n) is 13.0. The fourth-order valence-electron chi connectivity index (χ4n) is 2.75. The molecular weight excluding hydrogens is 298 g/mol. The monoisotopic (exact) mass is 319 g/mol. The van der Waals surface area contributed by atoms with Gasteiger partial charge >= 0.3 is 0 Å². The molecular formula is C15H21N5OS. The van der Waals surface area contributed by atoms with E-state index >= 15 is 0 Å². The van der Waals surface area contributed by atoms with E-state index in [9.17, 15) is 4.79 Å². The van der Waals surface area contributed by atoms with E-state index in [1.807, 2.05) is 25.6 Å². The van der Waals surface area contributed by atoms with Gasteiger partial charge in [0.1, 0.15) is 0 Å². The van der Waals surface area contributed by atoms with Gasteiger partial charge in [-0.25, -0.2) is 4.98 Å². The summed E-state index contributed by atoms with van der Waals surface area (Å²) >= 11 is 1.55. The van der Waals surface area contributed by atoms with Crippen molar-refractivity contribution in [2.45, 2.75) is 25.7 Å². The van der Waals surface area contributed by atoms with Crippen LogP contribution in [0.25, 0.3) is 0 Å². The fraction of sp³-hybridized carbons (Fsp3) is 0.533. The molecule has 2 aromatic rings. The lowest BCUT2D eigenvalue weighted by atomic mass is 9.90. The number of nitrogens with zero attached hydrogens (tertiary/aromatic N) is 3. The average molecular weight is 319 g/mol. The minimum atomic E-state index is -0.0874. The molecule has 2 N–H and O–H groups in total. The molecule has 0 aliphatic carbocycles. The van der Waals surface area contributed by atoms with Crippen molar-refractivity contribution in [3.63, 3.8) is 0 Å². The lowest BCUT2D eigenvalue weighted by Crippen LogP contribution is -2.27. The van der Waals surface area contributed by atoms with Gasteiger partial charge in [-0.05, 0) is 11.5 Å². The second kappa shape index (κ2) is 6.18. The minimum Gasteiger partial charge on any atom is -0.315 e. The van der Waals surface area contributed by atoms with Crippen molar-refractivity contribution in [3.05, 3.63) is 29.0 Å². The van der Waals surface area contributed by atoms with Crippen LogP contribution in [0, 0.1) is 5.92 Å². The highest BCUT2D eigenvalue weighted by atomic mass is 32.1. The van der Waals surface area contributed by atoms with Crippen molar-refractivity contribution < 1.29 is 4.79 Å². The number of nitrogens with one attached hydrogen (secondary N) is 2. The molecule has 6 nitrogen and oxygen atoms in total. The smallest absolute Gasteiger partial charge is 0.231 e. The Hall–Kier alpha value is -1.73. The Balaban J connectivity index is 1.70. The third-order valence-electron chi connectivity index (χ3n) is 4.03. The van der Waals surface area contributed by atoms with Crippen LogP contribution in [0.1, 0.15) is 36.1 Å². The Morgan fingerprint density at radius 2 is 2.27 bits per heavy atom. The third kappa shape index (κ3) is 3.05. The molecule has 3 rings (SSSR count). The van der Waals surface area contributed by atoms with Gasteiger partial charge in [-0.3, -0.25) is 9.48 Å². The zero-order valence-corrected chi connectivity index (χ0v) is 13.9. The van der Waals surface area contributed by atoms with Gasteiger partial charge in [-0.2, -0.15) is 5.10 Å². The molecule has 0 spiro atoms. The molecule has 7 heteroatoms. The maximum Gasteiger partial charge on any atom is 0.231 e. The first kappa shape index (κ1) is 15.2. The summed E-state index contributed by atoms with van der Waals surface area (Å²) in [5.74, 6) is 0.539. The normalized spacial score (nSPS) is 21.5. The SMILES string of the molecule is CC(C)c1cnc(NC(=O)[C@H]2CNC[C@@H]2c2cnn(C)c2)s1. The lowest BCUT2D eigenvalue weighted by Gasteiger charge is -2.15. The Kier molecular flexibility index (Phi) is 4.26. The number of hydrogen-bond acceptors (Lipinski definition) is 5. The molecule has 0 aromatic carbocycles. The zero-order chi connectivity index (χ0) is 15.7. The number of thiazole rings is 1. The van der Waals surface area contributed by atoms with Crippen molar-refractivity contribution in [3.8, 4) is 0 Å². The van der Waals surface area contributed by atoms with Gasteiger partial charge in [0.2, 0.25) is 5.91 Å². The fourth-order valence-corrected chi connectivity index (χ4v) is 3.57. The molecule has 2 atom stereocenters. The molecule has 0 unspecified atom stereocenters. The van der Waals surface area contributed by atoms with Gasteiger partial charge in [0.15, 0.2) is 5.13 Å². The van der Waals surface area contributed by atoms with E-state index in [-0.39, 0.29) is 17.7 Å². The number of anilines is 1. The van der Waals surface area contributed by atoms with Gasteiger partial charge in [-0.1, -0.05) is 13.8 Å². The molecule has 118 valence electrons. The van der Waals surface area contributed by atoms with Gasteiger partial charge in [0, 0.05) is 43.3 Å². The second-order valence-corrected chi connectivity index (χ2v) is 7.09. The topological polar surface area (TPSA) is 71.8 Å². The van der Waals surface area contributed by atoms with Crippen molar-refractivity contribution in [1.82, 2.24) is 20.1 Å². The first-order valence-electron chi connectivity index (χ1n) is 7.50. The predicted molar refractivity (Wildman–Crippen MR) is 87.1 cm³/mol.